The molecule has 2 unspecified atom stereocenters. The molecule has 1 aliphatic carbocycles. The van der Waals surface area contributed by atoms with Crippen LogP contribution in [0.5, 0.6) is 0 Å². The van der Waals surface area contributed by atoms with Gasteiger partial charge < -0.3 is 10.4 Å². The van der Waals surface area contributed by atoms with E-state index in [-0.39, 0.29) is 11.7 Å². The van der Waals surface area contributed by atoms with Crippen molar-refractivity contribution in [3.63, 3.8) is 0 Å². The van der Waals surface area contributed by atoms with Gasteiger partial charge in [-0.2, -0.15) is 13.2 Å². The zero-order valence-electron chi connectivity index (χ0n) is 10.5. The van der Waals surface area contributed by atoms with Crippen molar-refractivity contribution in [3.05, 3.63) is 5.01 Å². The number of aliphatic hydroxyl groups excluding tert-OH is 1. The minimum absolute atomic E-state index is 0.113. The second kappa shape index (κ2) is 5.24. The molecule has 0 spiro atoms. The molecule has 1 aliphatic rings. The highest BCUT2D eigenvalue weighted by Crippen LogP contribution is 2.38. The van der Waals surface area contributed by atoms with Crippen molar-refractivity contribution in [1.29, 1.82) is 0 Å². The first kappa shape index (κ1) is 14.5. The van der Waals surface area contributed by atoms with Gasteiger partial charge in [-0.05, 0) is 18.8 Å². The van der Waals surface area contributed by atoms with E-state index in [2.05, 4.69) is 22.4 Å². The quantitative estimate of drug-likeness (QED) is 0.900. The molecular weight excluding hydrogens is 279 g/mol. The van der Waals surface area contributed by atoms with Gasteiger partial charge in [0, 0.05) is 0 Å². The van der Waals surface area contributed by atoms with Crippen LogP contribution >= 0.6 is 11.3 Å². The topological polar surface area (TPSA) is 58.0 Å². The molecule has 0 radical (unpaired) electrons. The van der Waals surface area contributed by atoms with Gasteiger partial charge in [-0.15, -0.1) is 10.2 Å². The van der Waals surface area contributed by atoms with Gasteiger partial charge in [0.1, 0.15) is 0 Å². The summed E-state index contributed by atoms with van der Waals surface area (Å²) < 4.78 is 37.3. The van der Waals surface area contributed by atoms with Crippen molar-refractivity contribution in [3.8, 4) is 0 Å². The monoisotopic (exact) mass is 295 g/mol. The number of anilines is 1. The fourth-order valence-electron chi connectivity index (χ4n) is 2.57. The molecule has 1 aromatic heterocycles. The van der Waals surface area contributed by atoms with Gasteiger partial charge in [0.2, 0.25) is 10.1 Å². The van der Waals surface area contributed by atoms with Crippen LogP contribution in [0.15, 0.2) is 0 Å². The summed E-state index contributed by atoms with van der Waals surface area (Å²) in [7, 11) is 0. The van der Waals surface area contributed by atoms with Crippen molar-refractivity contribution < 1.29 is 18.3 Å². The molecular formula is C11H16F3N3OS. The van der Waals surface area contributed by atoms with Crippen molar-refractivity contribution >= 4 is 16.5 Å². The van der Waals surface area contributed by atoms with Gasteiger partial charge in [-0.25, -0.2) is 0 Å². The van der Waals surface area contributed by atoms with E-state index in [1.807, 2.05) is 0 Å². The Labute approximate surface area is 113 Å². The van der Waals surface area contributed by atoms with Crippen LogP contribution in [-0.4, -0.2) is 27.4 Å². The SMILES string of the molecule is CC1CCCC(CO)(Nc2nnc(C(F)(F)F)s2)C1. The standard InChI is InChI=1S/C11H16F3N3OS/c1-7-3-2-4-10(5-7,6-18)15-9-17-16-8(19-9)11(12,13)14/h7,18H,2-6H2,1H3,(H,15,17). The molecule has 2 N–H and O–H groups in total. The second-order valence-electron chi connectivity index (χ2n) is 5.18. The molecule has 19 heavy (non-hydrogen) atoms. The Morgan fingerprint density at radius 3 is 2.74 bits per heavy atom. The number of nitrogens with zero attached hydrogens (tertiary/aromatic N) is 2. The minimum Gasteiger partial charge on any atom is -0.394 e. The number of rotatable bonds is 3. The number of hydrogen-bond acceptors (Lipinski definition) is 5. The molecule has 1 aromatic rings. The molecule has 2 atom stereocenters. The largest absolute Gasteiger partial charge is 0.445 e. The van der Waals surface area contributed by atoms with Gasteiger partial charge in [-0.1, -0.05) is 31.1 Å². The number of nitrogens with one attached hydrogen (secondary N) is 1. The Kier molecular flexibility index (Phi) is 4.00. The van der Waals surface area contributed by atoms with Crippen LogP contribution in [-0.2, 0) is 6.18 Å². The summed E-state index contributed by atoms with van der Waals surface area (Å²) in [6.07, 6.45) is -0.990. The van der Waals surface area contributed by atoms with Crippen LogP contribution < -0.4 is 5.32 Å². The second-order valence-corrected chi connectivity index (χ2v) is 6.15. The van der Waals surface area contributed by atoms with Crippen molar-refractivity contribution in [1.82, 2.24) is 10.2 Å². The van der Waals surface area contributed by atoms with Gasteiger partial charge in [0.25, 0.3) is 0 Å². The Balaban J connectivity index is 2.12. The smallest absolute Gasteiger partial charge is 0.394 e. The highest BCUT2D eigenvalue weighted by atomic mass is 32.1. The number of aromatic nitrogens is 2. The van der Waals surface area contributed by atoms with Gasteiger partial charge in [-0.3, -0.25) is 0 Å². The maximum Gasteiger partial charge on any atom is 0.445 e. The summed E-state index contributed by atoms with van der Waals surface area (Å²) in [6.45, 7) is 1.96. The van der Waals surface area contributed by atoms with E-state index in [1.165, 1.54) is 0 Å². The van der Waals surface area contributed by atoms with Crippen LogP contribution in [0.3, 0.4) is 0 Å². The average molecular weight is 295 g/mol. The Morgan fingerprint density at radius 1 is 1.47 bits per heavy atom. The van der Waals surface area contributed by atoms with Crippen LogP contribution in [0.2, 0.25) is 0 Å². The lowest BCUT2D eigenvalue weighted by atomic mass is 9.77. The van der Waals surface area contributed by atoms with E-state index in [1.54, 1.807) is 0 Å². The third-order valence-electron chi connectivity index (χ3n) is 3.43. The third-order valence-corrected chi connectivity index (χ3v) is 4.32. The number of hydrogen-bond donors (Lipinski definition) is 2. The van der Waals surface area contributed by atoms with Crippen LogP contribution in [0.1, 0.15) is 37.6 Å². The first-order chi connectivity index (χ1) is 8.85. The number of halogens is 3. The molecule has 0 bridgehead atoms. The maximum atomic E-state index is 12.4. The van der Waals surface area contributed by atoms with Crippen molar-refractivity contribution in [2.45, 2.75) is 44.3 Å². The fourth-order valence-corrected chi connectivity index (χ4v) is 3.30. The minimum atomic E-state index is -4.47. The van der Waals surface area contributed by atoms with Crippen LogP contribution in [0.25, 0.3) is 0 Å². The van der Waals surface area contributed by atoms with Crippen LogP contribution in [0, 0.1) is 5.92 Å². The molecule has 1 heterocycles. The highest BCUT2D eigenvalue weighted by molar-refractivity contribution is 7.15. The molecule has 8 heteroatoms. The number of alkyl halides is 3. The summed E-state index contributed by atoms with van der Waals surface area (Å²) >= 11 is 0.479. The highest BCUT2D eigenvalue weighted by Gasteiger charge is 2.38. The fraction of sp³-hybridized carbons (Fsp3) is 0.818. The first-order valence-electron chi connectivity index (χ1n) is 6.14. The molecule has 108 valence electrons. The summed E-state index contributed by atoms with van der Waals surface area (Å²) in [4.78, 5) is 0. The molecule has 0 saturated heterocycles. The molecule has 0 aliphatic heterocycles. The lowest BCUT2D eigenvalue weighted by molar-refractivity contribution is -0.138. The zero-order chi connectivity index (χ0) is 14.1. The summed E-state index contributed by atoms with van der Waals surface area (Å²) in [5.74, 6) is 0.434. The summed E-state index contributed by atoms with van der Waals surface area (Å²) in [5, 5.41) is 18.3. The summed E-state index contributed by atoms with van der Waals surface area (Å²) in [5.41, 5.74) is -0.569. The first-order valence-corrected chi connectivity index (χ1v) is 6.96. The van der Waals surface area contributed by atoms with E-state index < -0.39 is 16.7 Å². The van der Waals surface area contributed by atoms with E-state index in [9.17, 15) is 18.3 Å². The Morgan fingerprint density at radius 2 is 2.21 bits per heavy atom. The third kappa shape index (κ3) is 3.36. The predicted molar refractivity (Wildman–Crippen MR) is 66.0 cm³/mol. The molecule has 1 saturated carbocycles. The van der Waals surface area contributed by atoms with Gasteiger partial charge >= 0.3 is 6.18 Å². The van der Waals surface area contributed by atoms with Crippen molar-refractivity contribution in [2.75, 3.05) is 11.9 Å². The van der Waals surface area contributed by atoms with Gasteiger partial charge in [0.05, 0.1) is 12.1 Å². The zero-order valence-corrected chi connectivity index (χ0v) is 11.3. The van der Waals surface area contributed by atoms with E-state index in [4.69, 9.17) is 0 Å². The van der Waals surface area contributed by atoms with Crippen molar-refractivity contribution in [2.24, 2.45) is 5.92 Å². The number of aliphatic hydroxyl groups is 1. The van der Waals surface area contributed by atoms with E-state index in [0.29, 0.717) is 17.3 Å². The Bertz CT molecular complexity index is 437. The summed E-state index contributed by atoms with van der Waals surface area (Å²) in [6, 6.07) is 0. The predicted octanol–water partition coefficient (Wildman–Crippen LogP) is 2.91. The molecule has 4 nitrogen and oxygen atoms in total. The molecule has 0 aromatic carbocycles. The Hall–Kier alpha value is -0.890. The van der Waals surface area contributed by atoms with Crippen LogP contribution in [0.4, 0.5) is 18.3 Å². The lowest BCUT2D eigenvalue weighted by Gasteiger charge is -2.39. The maximum absolute atomic E-state index is 12.4. The molecule has 0 amide bonds. The molecule has 1 fully saturated rings. The van der Waals surface area contributed by atoms with E-state index >= 15 is 0 Å². The van der Waals surface area contributed by atoms with Gasteiger partial charge in [0.15, 0.2) is 0 Å². The lowest BCUT2D eigenvalue weighted by Crippen LogP contribution is -2.45. The average Bonchev–Trinajstić information content (AvgIpc) is 2.77. The normalized spacial score (nSPS) is 28.4. The molecule has 2 rings (SSSR count). The van der Waals surface area contributed by atoms with E-state index in [0.717, 1.165) is 25.7 Å².